The molecule has 2 aliphatic rings. The average Bonchev–Trinajstić information content (AvgIpc) is 3.31. The van der Waals surface area contributed by atoms with Gasteiger partial charge in [0, 0.05) is 12.5 Å². The van der Waals surface area contributed by atoms with E-state index in [0.717, 1.165) is 12.8 Å². The highest BCUT2D eigenvalue weighted by molar-refractivity contribution is 5.87. The van der Waals surface area contributed by atoms with Crippen LogP contribution in [0.4, 0.5) is 0 Å². The summed E-state index contributed by atoms with van der Waals surface area (Å²) in [5.41, 5.74) is 0. The van der Waals surface area contributed by atoms with Gasteiger partial charge in [0.2, 0.25) is 0 Å². The summed E-state index contributed by atoms with van der Waals surface area (Å²) in [5.74, 6) is -2.09. The van der Waals surface area contributed by atoms with Crippen molar-refractivity contribution in [3.8, 4) is 0 Å². The number of fused-ring (bicyclic) bond motifs is 1. The fourth-order valence-electron chi connectivity index (χ4n) is 5.38. The molecule has 8 nitrogen and oxygen atoms in total. The summed E-state index contributed by atoms with van der Waals surface area (Å²) >= 11 is 0. The van der Waals surface area contributed by atoms with Crippen LogP contribution < -0.4 is 5.32 Å². The molecule has 2 N–H and O–H groups in total. The lowest BCUT2D eigenvalue weighted by atomic mass is 9.87. The molecule has 0 radical (unpaired) electrons. The first kappa shape index (κ1) is 32.2. The van der Waals surface area contributed by atoms with Gasteiger partial charge in [-0.15, -0.1) is 0 Å². The van der Waals surface area contributed by atoms with Crippen molar-refractivity contribution in [3.63, 3.8) is 0 Å². The molecule has 0 spiro atoms. The van der Waals surface area contributed by atoms with E-state index in [1.165, 1.54) is 51.4 Å². The van der Waals surface area contributed by atoms with Gasteiger partial charge in [0.15, 0.2) is 17.9 Å². The number of hydrogen-bond acceptors (Lipinski definition) is 7. The van der Waals surface area contributed by atoms with Gasteiger partial charge < -0.3 is 24.1 Å². The molecule has 0 saturated carbocycles. The normalized spacial score (nSPS) is 26.4. The fourth-order valence-corrected chi connectivity index (χ4v) is 5.38. The summed E-state index contributed by atoms with van der Waals surface area (Å²) in [4.78, 5) is 24.5. The van der Waals surface area contributed by atoms with Gasteiger partial charge in [-0.3, -0.25) is 14.9 Å². The smallest absolute Gasteiger partial charge is 0.317 e. The average molecular weight is 528 g/mol. The van der Waals surface area contributed by atoms with Crippen molar-refractivity contribution in [2.24, 2.45) is 11.8 Å². The van der Waals surface area contributed by atoms with Crippen LogP contribution in [0.2, 0.25) is 0 Å². The minimum atomic E-state index is -0.985. The van der Waals surface area contributed by atoms with Crippen LogP contribution in [0.3, 0.4) is 0 Å². The molecule has 0 aromatic heterocycles. The van der Waals surface area contributed by atoms with Crippen LogP contribution in [0.25, 0.3) is 0 Å². The predicted molar refractivity (Wildman–Crippen MR) is 143 cm³/mol. The van der Waals surface area contributed by atoms with Crippen molar-refractivity contribution in [2.45, 2.75) is 149 Å². The van der Waals surface area contributed by atoms with E-state index in [-0.39, 0.29) is 18.2 Å². The van der Waals surface area contributed by atoms with Gasteiger partial charge in [0.25, 0.3) is 0 Å². The van der Waals surface area contributed by atoms with Gasteiger partial charge >= 0.3 is 5.97 Å². The van der Waals surface area contributed by atoms with Crippen LogP contribution in [0.15, 0.2) is 0 Å². The van der Waals surface area contributed by atoms with Crippen molar-refractivity contribution in [2.75, 3.05) is 13.2 Å². The first-order valence-electron chi connectivity index (χ1n) is 14.7. The molecule has 6 atom stereocenters. The number of carbonyl (C=O) groups excluding carboxylic acids is 1. The van der Waals surface area contributed by atoms with Crippen LogP contribution in [-0.2, 0) is 28.5 Å². The number of unbranched alkanes of at least 4 members (excludes halogenated alkanes) is 9. The van der Waals surface area contributed by atoms with Crippen molar-refractivity contribution in [1.82, 2.24) is 5.32 Å². The second-order valence-corrected chi connectivity index (χ2v) is 11.7. The molecule has 2 saturated heterocycles. The quantitative estimate of drug-likeness (QED) is 0.201. The number of carboxylic acids is 1. The first-order chi connectivity index (χ1) is 17.6. The number of Topliss-reactive ketones (excluding diaryl/α,β-unsaturated/α-hetero) is 1. The second kappa shape index (κ2) is 16.1. The monoisotopic (exact) mass is 527 g/mol. The Labute approximate surface area is 224 Å². The molecular formula is C29H53NO7. The van der Waals surface area contributed by atoms with Gasteiger partial charge in [-0.2, -0.15) is 0 Å². The lowest BCUT2D eigenvalue weighted by Crippen LogP contribution is -2.47. The Hall–Kier alpha value is -1.06. The van der Waals surface area contributed by atoms with E-state index < -0.39 is 48.3 Å². The van der Waals surface area contributed by atoms with Crippen LogP contribution in [-0.4, -0.2) is 66.4 Å². The molecule has 216 valence electrons. The van der Waals surface area contributed by atoms with Crippen molar-refractivity contribution in [1.29, 1.82) is 0 Å². The summed E-state index contributed by atoms with van der Waals surface area (Å²) < 4.78 is 24.6. The second-order valence-electron chi connectivity index (χ2n) is 11.7. The third-order valence-corrected chi connectivity index (χ3v) is 7.32. The predicted octanol–water partition coefficient (Wildman–Crippen LogP) is 5.46. The lowest BCUT2D eigenvalue weighted by molar-refractivity contribution is -0.238. The van der Waals surface area contributed by atoms with E-state index in [2.05, 4.69) is 12.2 Å². The summed E-state index contributed by atoms with van der Waals surface area (Å²) in [6, 6.07) is -0.560. The Balaban J connectivity index is 1.85. The van der Waals surface area contributed by atoms with E-state index in [4.69, 9.17) is 24.1 Å². The summed E-state index contributed by atoms with van der Waals surface area (Å²) in [6.45, 7) is 12.2. The topological polar surface area (TPSA) is 103 Å². The third kappa shape index (κ3) is 10.9. The van der Waals surface area contributed by atoms with Gasteiger partial charge in [0.1, 0.15) is 12.2 Å². The van der Waals surface area contributed by atoms with Crippen LogP contribution in [0.5, 0.6) is 0 Å². The van der Waals surface area contributed by atoms with Gasteiger partial charge in [-0.25, -0.2) is 0 Å². The molecule has 2 aliphatic heterocycles. The van der Waals surface area contributed by atoms with Gasteiger partial charge in [0.05, 0.1) is 18.7 Å². The Bertz CT molecular complexity index is 683. The zero-order valence-corrected chi connectivity index (χ0v) is 24.1. The summed E-state index contributed by atoms with van der Waals surface area (Å²) in [7, 11) is 0. The molecule has 8 heteroatoms. The standard InChI is InChI=1S/C29H53NO7/c1-7-8-9-10-11-12-13-14-15-16-17-34-28-27-26(36-29(5,6)37-27)25(35-28)21(4)24(33)22(18-20(2)3)30-19-23(31)32/h20-22,25-28,30H,7-19H2,1-6H3,(H,31,32)/t21-,22+,25-,26+,27+,28+/m1/s1. The van der Waals surface area contributed by atoms with E-state index in [9.17, 15) is 9.59 Å². The maximum atomic E-state index is 13.4. The molecule has 2 heterocycles. The third-order valence-electron chi connectivity index (χ3n) is 7.32. The van der Waals surface area contributed by atoms with Crippen molar-refractivity contribution >= 4 is 11.8 Å². The number of rotatable bonds is 20. The number of carboxylic acid groups (broad SMARTS) is 1. The molecule has 2 rings (SSSR count). The lowest BCUT2D eigenvalue weighted by Gasteiger charge is -2.29. The zero-order valence-electron chi connectivity index (χ0n) is 24.1. The van der Waals surface area contributed by atoms with E-state index in [1.807, 2.05) is 34.6 Å². The molecule has 0 aromatic carbocycles. The molecule has 0 aliphatic carbocycles. The maximum absolute atomic E-state index is 13.4. The Morgan fingerprint density at radius 1 is 0.919 bits per heavy atom. The number of aliphatic carboxylic acids is 1. The van der Waals surface area contributed by atoms with E-state index in [0.29, 0.717) is 13.0 Å². The SMILES string of the molecule is CCCCCCCCCCCCO[C@H]1O[C@H]([C@H](C)C(=O)[C@H](CC(C)C)NCC(=O)O)[C@@H]2OC(C)(C)O[C@H]12. The highest BCUT2D eigenvalue weighted by atomic mass is 16.8. The Morgan fingerprint density at radius 2 is 1.49 bits per heavy atom. The first-order valence-corrected chi connectivity index (χ1v) is 14.7. The van der Waals surface area contributed by atoms with Gasteiger partial charge in [-0.1, -0.05) is 85.5 Å². The van der Waals surface area contributed by atoms with E-state index >= 15 is 0 Å². The maximum Gasteiger partial charge on any atom is 0.317 e. The number of ether oxygens (including phenoxy) is 4. The fraction of sp³-hybridized carbons (Fsp3) is 0.931. The number of nitrogens with one attached hydrogen (secondary N) is 1. The highest BCUT2D eigenvalue weighted by Crippen LogP contribution is 2.41. The zero-order chi connectivity index (χ0) is 27.4. The van der Waals surface area contributed by atoms with Crippen LogP contribution >= 0.6 is 0 Å². The summed E-state index contributed by atoms with van der Waals surface area (Å²) in [6.07, 6.45) is 11.2. The Morgan fingerprint density at radius 3 is 2.05 bits per heavy atom. The molecular weight excluding hydrogens is 474 g/mol. The molecule has 2 fully saturated rings. The Kier molecular flexibility index (Phi) is 14.0. The van der Waals surface area contributed by atoms with E-state index in [1.54, 1.807) is 0 Å². The largest absolute Gasteiger partial charge is 0.480 e. The number of ketones is 1. The number of carbonyl (C=O) groups is 2. The van der Waals surface area contributed by atoms with Crippen LogP contribution in [0, 0.1) is 11.8 Å². The minimum absolute atomic E-state index is 0.0673. The summed E-state index contributed by atoms with van der Waals surface area (Å²) in [5, 5.41) is 12.0. The minimum Gasteiger partial charge on any atom is -0.480 e. The molecule has 0 amide bonds. The molecule has 0 unspecified atom stereocenters. The van der Waals surface area contributed by atoms with Crippen LogP contribution in [0.1, 0.15) is 112 Å². The molecule has 0 bridgehead atoms. The molecule has 0 aromatic rings. The highest BCUT2D eigenvalue weighted by Gasteiger charge is 2.58. The van der Waals surface area contributed by atoms with Gasteiger partial charge in [-0.05, 0) is 32.6 Å². The molecule has 37 heavy (non-hydrogen) atoms. The van der Waals surface area contributed by atoms with Crippen molar-refractivity contribution in [3.05, 3.63) is 0 Å². The number of hydrogen-bond donors (Lipinski definition) is 2. The van der Waals surface area contributed by atoms with Crippen molar-refractivity contribution < 1.29 is 33.6 Å².